The van der Waals surface area contributed by atoms with Crippen molar-refractivity contribution in [1.82, 2.24) is 5.32 Å². The van der Waals surface area contributed by atoms with E-state index in [0.29, 0.717) is 22.9 Å². The smallest absolute Gasteiger partial charge is 0.240 e. The van der Waals surface area contributed by atoms with E-state index in [0.717, 1.165) is 33.4 Å². The first-order chi connectivity index (χ1) is 22.3. The number of nitrogens with one attached hydrogen (secondary N) is 1. The minimum absolute atomic E-state index is 0.0798. The normalized spacial score (nSPS) is 14.6. The van der Waals surface area contributed by atoms with Crippen LogP contribution in [0.1, 0.15) is 37.8 Å². The second kappa shape index (κ2) is 16.6. The highest BCUT2D eigenvalue weighted by molar-refractivity contribution is 7.58. The third-order valence-electron chi connectivity index (χ3n) is 8.10. The number of halogens is 2. The lowest BCUT2D eigenvalue weighted by atomic mass is 9.91. The number of carbonyl (C=O) groups is 2. The van der Waals surface area contributed by atoms with Crippen LogP contribution in [-0.2, 0) is 27.0 Å². The van der Waals surface area contributed by atoms with Crippen molar-refractivity contribution in [1.29, 1.82) is 0 Å². The number of rotatable bonds is 15. The minimum Gasteiger partial charge on any atom is -0.368 e. The van der Waals surface area contributed by atoms with Gasteiger partial charge in [0.1, 0.15) is 6.04 Å². The van der Waals surface area contributed by atoms with Crippen LogP contribution < -0.4 is 16.8 Å². The molecule has 0 aliphatic carbocycles. The maximum Gasteiger partial charge on any atom is 0.240 e. The fourth-order valence-corrected chi connectivity index (χ4v) is 7.73. The van der Waals surface area contributed by atoms with Gasteiger partial charge in [0, 0.05) is 16.2 Å². The van der Waals surface area contributed by atoms with Crippen molar-refractivity contribution in [2.75, 3.05) is 6.16 Å². The largest absolute Gasteiger partial charge is 0.368 e. The zero-order valence-corrected chi connectivity index (χ0v) is 29.0. The molecule has 4 rings (SSSR count). The van der Waals surface area contributed by atoms with E-state index in [1.807, 2.05) is 98.8 Å². The van der Waals surface area contributed by atoms with Gasteiger partial charge in [-0.25, -0.2) is 0 Å². The Bertz CT molecular complexity index is 1670. The van der Waals surface area contributed by atoms with E-state index in [1.165, 1.54) is 0 Å². The first-order valence-corrected chi connectivity index (χ1v) is 18.3. The summed E-state index contributed by atoms with van der Waals surface area (Å²) in [5.41, 5.74) is 17.2. The Hall–Kier alpha value is -3.45. The molecule has 4 aromatic rings. The third kappa shape index (κ3) is 10.8. The van der Waals surface area contributed by atoms with Gasteiger partial charge in [0.2, 0.25) is 19.2 Å². The molecule has 0 bridgehead atoms. The van der Waals surface area contributed by atoms with Gasteiger partial charge in [-0.05, 0) is 95.3 Å². The van der Waals surface area contributed by atoms with Gasteiger partial charge in [-0.2, -0.15) is 0 Å². The van der Waals surface area contributed by atoms with E-state index in [9.17, 15) is 19.0 Å². The summed E-state index contributed by atoms with van der Waals surface area (Å²) < 4.78 is 13.8. The first-order valence-electron chi connectivity index (χ1n) is 15.7. The lowest BCUT2D eigenvalue weighted by Gasteiger charge is -2.26. The van der Waals surface area contributed by atoms with Crippen LogP contribution in [-0.4, -0.2) is 34.7 Å². The Morgan fingerprint density at radius 2 is 1.38 bits per heavy atom. The number of hydrogen-bond acceptors (Lipinski definition) is 4. The number of primary amides is 1. The van der Waals surface area contributed by atoms with Gasteiger partial charge in [0.15, 0.2) is 0 Å². The Morgan fingerprint density at radius 3 is 1.89 bits per heavy atom. The molecule has 0 heterocycles. The zero-order chi connectivity index (χ0) is 34.1. The maximum absolute atomic E-state index is 13.9. The second-order valence-corrected chi connectivity index (χ2v) is 15.9. The summed E-state index contributed by atoms with van der Waals surface area (Å²) in [6.45, 7) is 3.85. The van der Waals surface area contributed by atoms with Gasteiger partial charge < -0.3 is 21.7 Å². The second-order valence-electron chi connectivity index (χ2n) is 12.5. The topological polar surface area (TPSA) is 136 Å². The van der Waals surface area contributed by atoms with Crippen LogP contribution in [0.4, 0.5) is 0 Å². The van der Waals surface area contributed by atoms with Gasteiger partial charge in [0.05, 0.1) is 11.7 Å². The van der Waals surface area contributed by atoms with Gasteiger partial charge in [-0.3, -0.25) is 14.2 Å². The highest BCUT2D eigenvalue weighted by Crippen LogP contribution is 2.48. The summed E-state index contributed by atoms with van der Waals surface area (Å²) >= 11 is 12.7. The number of amides is 2. The standard InChI is InChI=1S/C37H42Cl2N3O4P/c1-24(2)16-34(36(41)43)42-37(44)31(23-47(45,46)35(40)15-14-25-8-4-3-5-9-25)19-26-17-29(27-10-6-12-32(38)21-27)20-30(18-26)28-11-7-13-33(39)22-28/h3-13,17-18,20-22,24,31,34-35H,14-16,19,23,40H2,1-2H3,(H2,41,43)(H,42,44)(H,45,46)/t31-,34+,35-/m1/s1. The molecule has 6 N–H and O–H groups in total. The number of hydrogen-bond donors (Lipinski definition) is 4. The molecule has 0 saturated carbocycles. The van der Waals surface area contributed by atoms with E-state index in [2.05, 4.69) is 5.32 Å². The molecule has 248 valence electrons. The van der Waals surface area contributed by atoms with Crippen LogP contribution in [0.15, 0.2) is 97.1 Å². The van der Waals surface area contributed by atoms with Crippen molar-refractivity contribution in [3.8, 4) is 22.3 Å². The predicted octanol–water partition coefficient (Wildman–Crippen LogP) is 7.69. The average Bonchev–Trinajstić information content (AvgIpc) is 3.03. The number of benzene rings is 4. The number of carbonyl (C=O) groups excluding carboxylic acids is 2. The quantitative estimate of drug-likeness (QED) is 0.0947. The molecule has 0 saturated heterocycles. The molecule has 4 aromatic carbocycles. The van der Waals surface area contributed by atoms with Gasteiger partial charge in [-0.15, -0.1) is 0 Å². The minimum atomic E-state index is -4.05. The van der Waals surface area contributed by atoms with Crippen molar-refractivity contribution in [2.45, 2.75) is 51.4 Å². The van der Waals surface area contributed by atoms with Crippen molar-refractivity contribution >= 4 is 42.4 Å². The van der Waals surface area contributed by atoms with Gasteiger partial charge >= 0.3 is 0 Å². The molecule has 0 fully saturated rings. The Labute approximate surface area is 287 Å². The summed E-state index contributed by atoms with van der Waals surface area (Å²) in [5, 5.41) is 3.92. The SMILES string of the molecule is CC(C)C[C@H](NC(=O)[C@H](Cc1cc(-c2cccc(Cl)c2)cc(-c2cccc(Cl)c2)c1)CP(=O)(O)[C@@H](N)CCc1ccccc1)C(N)=O. The summed E-state index contributed by atoms with van der Waals surface area (Å²) in [7, 11) is -4.05. The number of aryl methyl sites for hydroxylation is 1. The lowest BCUT2D eigenvalue weighted by Crippen LogP contribution is -2.48. The fraction of sp³-hybridized carbons (Fsp3) is 0.297. The van der Waals surface area contributed by atoms with Crippen LogP contribution in [0.25, 0.3) is 22.3 Å². The molecule has 0 aliphatic rings. The Kier molecular flexibility index (Phi) is 12.8. The van der Waals surface area contributed by atoms with Crippen LogP contribution in [0.2, 0.25) is 10.0 Å². The number of nitrogens with two attached hydrogens (primary N) is 2. The summed E-state index contributed by atoms with van der Waals surface area (Å²) in [6.07, 6.45) is 0.871. The molecule has 10 heteroatoms. The van der Waals surface area contributed by atoms with Crippen molar-refractivity contribution in [3.63, 3.8) is 0 Å². The summed E-state index contributed by atoms with van der Waals surface area (Å²) in [4.78, 5) is 37.5. The maximum atomic E-state index is 13.9. The zero-order valence-electron chi connectivity index (χ0n) is 26.6. The van der Waals surface area contributed by atoms with Gasteiger partial charge in [-0.1, -0.05) is 104 Å². The van der Waals surface area contributed by atoms with Crippen LogP contribution in [0, 0.1) is 11.8 Å². The van der Waals surface area contributed by atoms with E-state index in [-0.39, 0.29) is 24.9 Å². The molecular formula is C37H42Cl2N3O4P. The highest BCUT2D eigenvalue weighted by atomic mass is 35.5. The van der Waals surface area contributed by atoms with E-state index >= 15 is 0 Å². The lowest BCUT2D eigenvalue weighted by molar-refractivity contribution is -0.129. The Morgan fingerprint density at radius 1 is 0.809 bits per heavy atom. The molecule has 0 radical (unpaired) electrons. The molecule has 47 heavy (non-hydrogen) atoms. The van der Waals surface area contributed by atoms with Crippen LogP contribution in [0.5, 0.6) is 0 Å². The van der Waals surface area contributed by atoms with E-state index < -0.39 is 36.9 Å². The molecule has 4 atom stereocenters. The van der Waals surface area contributed by atoms with E-state index in [4.69, 9.17) is 34.7 Å². The highest BCUT2D eigenvalue weighted by Gasteiger charge is 2.35. The molecule has 7 nitrogen and oxygen atoms in total. The molecule has 0 aliphatic heterocycles. The van der Waals surface area contributed by atoms with Gasteiger partial charge in [0.25, 0.3) is 0 Å². The molecule has 0 aromatic heterocycles. The van der Waals surface area contributed by atoms with Crippen molar-refractivity contribution in [3.05, 3.63) is 118 Å². The summed E-state index contributed by atoms with van der Waals surface area (Å²) in [5.74, 6) is -3.14. The van der Waals surface area contributed by atoms with Crippen LogP contribution in [0.3, 0.4) is 0 Å². The Balaban J connectivity index is 1.71. The monoisotopic (exact) mass is 693 g/mol. The molecule has 2 amide bonds. The van der Waals surface area contributed by atoms with Crippen LogP contribution >= 0.6 is 30.6 Å². The van der Waals surface area contributed by atoms with E-state index in [1.54, 1.807) is 12.1 Å². The van der Waals surface area contributed by atoms with Crippen molar-refractivity contribution in [2.24, 2.45) is 23.3 Å². The first kappa shape index (κ1) is 36.4. The predicted molar refractivity (Wildman–Crippen MR) is 193 cm³/mol. The average molecular weight is 695 g/mol. The third-order valence-corrected chi connectivity index (χ3v) is 10.8. The molecule has 1 unspecified atom stereocenters. The summed E-state index contributed by atoms with van der Waals surface area (Å²) in [6, 6.07) is 29.4. The fourth-order valence-electron chi connectivity index (χ4n) is 5.62. The van der Waals surface area contributed by atoms with Crippen molar-refractivity contribution < 1.29 is 19.0 Å². The molecule has 0 spiro atoms. The molecular weight excluding hydrogens is 652 g/mol.